The fourth-order valence-electron chi connectivity index (χ4n) is 3.64. The number of ether oxygens (including phenoxy) is 3. The lowest BCUT2D eigenvalue weighted by atomic mass is 10.1. The van der Waals surface area contributed by atoms with E-state index in [1.54, 1.807) is 13.0 Å². The summed E-state index contributed by atoms with van der Waals surface area (Å²) in [4.78, 5) is 42.4. The molecule has 0 aliphatic rings. The van der Waals surface area contributed by atoms with Crippen molar-refractivity contribution in [2.75, 3.05) is 13.7 Å². The summed E-state index contributed by atoms with van der Waals surface area (Å²) in [5.41, 5.74) is 0.348. The maximum absolute atomic E-state index is 13.4. The van der Waals surface area contributed by atoms with Crippen molar-refractivity contribution in [2.45, 2.75) is 13.5 Å². The maximum atomic E-state index is 13.4. The van der Waals surface area contributed by atoms with Crippen LogP contribution in [0.3, 0.4) is 0 Å². The molecule has 0 aliphatic carbocycles. The highest BCUT2D eigenvalue weighted by Gasteiger charge is 2.26. The molecule has 0 aliphatic heterocycles. The van der Waals surface area contributed by atoms with Crippen molar-refractivity contribution < 1.29 is 32.6 Å². The van der Waals surface area contributed by atoms with E-state index in [1.807, 2.05) is 24.3 Å². The van der Waals surface area contributed by atoms with Crippen LogP contribution in [0, 0.1) is 0 Å². The third kappa shape index (κ3) is 4.34. The van der Waals surface area contributed by atoms with Crippen LogP contribution in [0.25, 0.3) is 32.5 Å². The molecular formula is C26H19NO8S. The van der Waals surface area contributed by atoms with Crippen LogP contribution < -0.4 is 10.2 Å². The van der Waals surface area contributed by atoms with Gasteiger partial charge in [-0.1, -0.05) is 12.1 Å². The predicted molar refractivity (Wildman–Crippen MR) is 131 cm³/mol. The number of nitrogens with zero attached hydrogens (tertiary/aromatic N) is 1. The predicted octanol–water partition coefficient (Wildman–Crippen LogP) is 5.21. The van der Waals surface area contributed by atoms with Crippen LogP contribution in [0.1, 0.15) is 33.0 Å². The van der Waals surface area contributed by atoms with Crippen molar-refractivity contribution in [2.24, 2.45) is 0 Å². The molecule has 0 bridgehead atoms. The fourth-order valence-corrected chi connectivity index (χ4v) is 4.52. The van der Waals surface area contributed by atoms with Crippen molar-refractivity contribution in [3.63, 3.8) is 0 Å². The molecule has 3 aromatic heterocycles. The molecule has 3 heterocycles. The molecule has 182 valence electrons. The van der Waals surface area contributed by atoms with Gasteiger partial charge in [0.15, 0.2) is 0 Å². The Labute approximate surface area is 207 Å². The number of methoxy groups -OCH3 is 1. The second kappa shape index (κ2) is 9.67. The highest BCUT2D eigenvalue weighted by atomic mass is 32.1. The smallest absolute Gasteiger partial charge is 0.375 e. The minimum absolute atomic E-state index is 0.0229. The normalized spacial score (nSPS) is 11.1. The van der Waals surface area contributed by atoms with Crippen molar-refractivity contribution in [1.29, 1.82) is 0 Å². The van der Waals surface area contributed by atoms with Gasteiger partial charge in [0.2, 0.25) is 16.9 Å². The number of furan rings is 1. The number of thiazole rings is 1. The summed E-state index contributed by atoms with van der Waals surface area (Å²) in [6, 6.07) is 15.2. The van der Waals surface area contributed by atoms with Crippen molar-refractivity contribution in [3.05, 3.63) is 81.3 Å². The zero-order valence-corrected chi connectivity index (χ0v) is 20.0. The Hall–Kier alpha value is -4.44. The van der Waals surface area contributed by atoms with Crippen LogP contribution >= 0.6 is 11.3 Å². The van der Waals surface area contributed by atoms with Crippen LogP contribution in [-0.2, 0) is 16.1 Å². The number of carbonyl (C=O) groups excluding carboxylic acids is 2. The summed E-state index contributed by atoms with van der Waals surface area (Å²) >= 11 is 1.53. The third-order valence-electron chi connectivity index (χ3n) is 5.26. The second-order valence-electron chi connectivity index (χ2n) is 7.53. The summed E-state index contributed by atoms with van der Waals surface area (Å²) < 4.78 is 28.0. The SMILES string of the molecule is CCOC(=O)c1oc2cc(OCc3nc4ccccc4s3)ccc2c(=O)c1-c1ccc(C(=O)OC)o1. The summed E-state index contributed by atoms with van der Waals surface area (Å²) in [7, 11) is 1.20. The molecule has 9 nitrogen and oxygen atoms in total. The van der Waals surface area contributed by atoms with Crippen LogP contribution in [-0.4, -0.2) is 30.6 Å². The zero-order chi connectivity index (χ0) is 25.2. The number of fused-ring (bicyclic) bond motifs is 2. The number of rotatable bonds is 7. The van der Waals surface area contributed by atoms with Gasteiger partial charge in [0, 0.05) is 6.07 Å². The van der Waals surface area contributed by atoms with Gasteiger partial charge < -0.3 is 23.0 Å². The summed E-state index contributed by atoms with van der Waals surface area (Å²) in [6.07, 6.45) is 0. The molecule has 0 spiro atoms. The van der Waals surface area contributed by atoms with Crippen molar-refractivity contribution >= 4 is 44.5 Å². The van der Waals surface area contributed by atoms with Gasteiger partial charge in [-0.15, -0.1) is 11.3 Å². The van der Waals surface area contributed by atoms with E-state index in [-0.39, 0.29) is 47.0 Å². The zero-order valence-electron chi connectivity index (χ0n) is 19.2. The molecule has 10 heteroatoms. The Balaban J connectivity index is 1.53. The van der Waals surface area contributed by atoms with E-state index in [0.717, 1.165) is 15.2 Å². The molecule has 2 aromatic carbocycles. The Morgan fingerprint density at radius 2 is 1.86 bits per heavy atom. The van der Waals surface area contributed by atoms with Gasteiger partial charge >= 0.3 is 11.9 Å². The van der Waals surface area contributed by atoms with E-state index < -0.39 is 17.4 Å². The lowest BCUT2D eigenvalue weighted by Crippen LogP contribution is -2.14. The number of para-hydroxylation sites is 1. The van der Waals surface area contributed by atoms with E-state index >= 15 is 0 Å². The highest BCUT2D eigenvalue weighted by Crippen LogP contribution is 2.30. The molecule has 36 heavy (non-hydrogen) atoms. The Morgan fingerprint density at radius 3 is 2.64 bits per heavy atom. The molecule has 0 amide bonds. The van der Waals surface area contributed by atoms with Gasteiger partial charge in [-0.05, 0) is 43.3 Å². The Bertz CT molecular complexity index is 1630. The lowest BCUT2D eigenvalue weighted by Gasteiger charge is -2.09. The van der Waals surface area contributed by atoms with E-state index in [2.05, 4.69) is 9.72 Å². The molecule has 0 radical (unpaired) electrons. The number of hydrogen-bond acceptors (Lipinski definition) is 10. The number of aromatic nitrogens is 1. The molecule has 0 N–H and O–H groups in total. The van der Waals surface area contributed by atoms with E-state index in [4.69, 9.17) is 18.3 Å². The van der Waals surface area contributed by atoms with E-state index in [9.17, 15) is 14.4 Å². The van der Waals surface area contributed by atoms with Gasteiger partial charge in [0.1, 0.15) is 34.3 Å². The first-order chi connectivity index (χ1) is 17.5. The molecule has 0 unspecified atom stereocenters. The largest absolute Gasteiger partial charge is 0.486 e. The number of hydrogen-bond donors (Lipinski definition) is 0. The maximum Gasteiger partial charge on any atom is 0.375 e. The highest BCUT2D eigenvalue weighted by molar-refractivity contribution is 7.18. The average molecular weight is 506 g/mol. The fraction of sp³-hybridized carbons (Fsp3) is 0.154. The molecule has 5 aromatic rings. The Morgan fingerprint density at radius 1 is 1.03 bits per heavy atom. The molecule has 0 saturated heterocycles. The molecule has 5 rings (SSSR count). The first-order valence-electron chi connectivity index (χ1n) is 10.9. The van der Waals surface area contributed by atoms with Crippen molar-refractivity contribution in [1.82, 2.24) is 4.98 Å². The van der Waals surface area contributed by atoms with Crippen molar-refractivity contribution in [3.8, 4) is 17.1 Å². The summed E-state index contributed by atoms with van der Waals surface area (Å²) in [5, 5.41) is 0.987. The van der Waals surface area contributed by atoms with Crippen LogP contribution in [0.4, 0.5) is 0 Å². The Kier molecular flexibility index (Phi) is 6.26. The standard InChI is InChI=1S/C26H19NO8S/c1-3-32-26(30)24-22(17-10-11-18(34-17)25(29)31-2)23(28)15-9-8-14(12-19(15)35-24)33-13-21-27-16-6-4-5-7-20(16)36-21/h4-12H,3,13H2,1-2H3. The van der Waals surface area contributed by atoms with Gasteiger partial charge in [-0.2, -0.15) is 0 Å². The first-order valence-corrected chi connectivity index (χ1v) is 11.7. The number of benzene rings is 2. The topological polar surface area (TPSA) is 118 Å². The molecule has 0 saturated carbocycles. The average Bonchev–Trinajstić information content (AvgIpc) is 3.54. The minimum Gasteiger partial charge on any atom is -0.486 e. The van der Waals surface area contributed by atoms with Crippen LogP contribution in [0.5, 0.6) is 5.75 Å². The van der Waals surface area contributed by atoms with Gasteiger partial charge in [-0.25, -0.2) is 14.6 Å². The van der Waals surface area contributed by atoms with Crippen LogP contribution in [0.15, 0.2) is 68.2 Å². The first kappa shape index (κ1) is 23.3. The van der Waals surface area contributed by atoms with Gasteiger partial charge in [-0.3, -0.25) is 4.79 Å². The lowest BCUT2D eigenvalue weighted by molar-refractivity contribution is 0.0491. The van der Waals surface area contributed by atoms with E-state index in [0.29, 0.717) is 5.75 Å². The number of carbonyl (C=O) groups is 2. The molecule has 0 atom stereocenters. The number of esters is 2. The van der Waals surface area contributed by atoms with Gasteiger partial charge in [0.25, 0.3) is 0 Å². The van der Waals surface area contributed by atoms with Crippen LogP contribution in [0.2, 0.25) is 0 Å². The molecular weight excluding hydrogens is 486 g/mol. The summed E-state index contributed by atoms with van der Waals surface area (Å²) in [5.74, 6) is -1.63. The monoisotopic (exact) mass is 505 g/mol. The third-order valence-corrected chi connectivity index (χ3v) is 6.27. The quantitative estimate of drug-likeness (QED) is 0.275. The minimum atomic E-state index is -0.844. The summed E-state index contributed by atoms with van der Waals surface area (Å²) in [6.45, 7) is 1.92. The molecule has 0 fully saturated rings. The van der Waals surface area contributed by atoms with Gasteiger partial charge in [0.05, 0.1) is 29.3 Å². The second-order valence-corrected chi connectivity index (χ2v) is 8.65. The van der Waals surface area contributed by atoms with E-state index in [1.165, 1.54) is 42.7 Å².